The molecule has 3 aromatic carbocycles. The quantitative estimate of drug-likeness (QED) is 0.509. The van der Waals surface area contributed by atoms with Gasteiger partial charge in [-0.15, -0.1) is 0 Å². The fourth-order valence-electron chi connectivity index (χ4n) is 3.51. The van der Waals surface area contributed by atoms with Gasteiger partial charge in [-0.2, -0.15) is 13.2 Å². The van der Waals surface area contributed by atoms with Gasteiger partial charge in [0.1, 0.15) is 24.2 Å². The highest BCUT2D eigenvalue weighted by atomic mass is 19.4. The van der Waals surface area contributed by atoms with E-state index in [4.69, 9.17) is 9.47 Å². The molecule has 1 atom stereocenters. The Kier molecular flexibility index (Phi) is 4.94. The van der Waals surface area contributed by atoms with E-state index in [2.05, 4.69) is 4.99 Å². The highest BCUT2D eigenvalue weighted by molar-refractivity contribution is 6.56. The highest BCUT2D eigenvalue weighted by Crippen LogP contribution is 2.38. The summed E-state index contributed by atoms with van der Waals surface area (Å²) in [6.45, 7) is 1.10. The van der Waals surface area contributed by atoms with Crippen molar-refractivity contribution in [3.63, 3.8) is 0 Å². The second-order valence-corrected chi connectivity index (χ2v) is 7.43. The summed E-state index contributed by atoms with van der Waals surface area (Å²) in [5.41, 5.74) is 1.04. The van der Waals surface area contributed by atoms with Gasteiger partial charge < -0.3 is 9.47 Å². The van der Waals surface area contributed by atoms with Gasteiger partial charge in [0.05, 0.1) is 29.2 Å². The number of anilines is 2. The zero-order valence-electron chi connectivity index (χ0n) is 16.7. The van der Waals surface area contributed by atoms with E-state index in [1.807, 2.05) is 0 Å². The molecule has 2 aliphatic heterocycles. The molecule has 8 heteroatoms. The summed E-state index contributed by atoms with van der Waals surface area (Å²) in [5.74, 6) is 0.165. The number of epoxide rings is 1. The van der Waals surface area contributed by atoms with E-state index in [9.17, 15) is 18.0 Å². The van der Waals surface area contributed by atoms with Crippen molar-refractivity contribution in [3.05, 3.63) is 83.9 Å². The molecule has 1 saturated heterocycles. The van der Waals surface area contributed by atoms with Crippen molar-refractivity contribution in [1.29, 1.82) is 0 Å². The van der Waals surface area contributed by atoms with Gasteiger partial charge in [0.15, 0.2) is 0 Å². The lowest BCUT2D eigenvalue weighted by atomic mass is 10.1. The first-order valence-electron chi connectivity index (χ1n) is 9.94. The van der Waals surface area contributed by atoms with Gasteiger partial charge >= 0.3 is 6.18 Å². The summed E-state index contributed by atoms with van der Waals surface area (Å²) in [5, 5.41) is 0. The number of alkyl halides is 3. The monoisotopic (exact) mass is 438 g/mol. The number of aliphatic imine (C=N–C) groups is 1. The molecular weight excluding hydrogens is 421 g/mol. The van der Waals surface area contributed by atoms with Crippen LogP contribution in [0.4, 0.5) is 30.2 Å². The largest absolute Gasteiger partial charge is 0.491 e. The number of para-hydroxylation sites is 1. The van der Waals surface area contributed by atoms with E-state index in [0.717, 1.165) is 12.1 Å². The molecule has 162 valence electrons. The number of hydrogen-bond acceptors (Lipinski definition) is 4. The second kappa shape index (κ2) is 7.80. The fourth-order valence-corrected chi connectivity index (χ4v) is 3.51. The average Bonchev–Trinajstić information content (AvgIpc) is 3.57. The first kappa shape index (κ1) is 20.3. The van der Waals surface area contributed by atoms with E-state index in [0.29, 0.717) is 35.9 Å². The molecule has 0 N–H and O–H groups in total. The summed E-state index contributed by atoms with van der Waals surface area (Å²) < 4.78 is 50.1. The van der Waals surface area contributed by atoms with E-state index in [1.54, 1.807) is 48.5 Å². The molecule has 0 radical (unpaired) electrons. The number of carbonyl (C=O) groups is 1. The van der Waals surface area contributed by atoms with Gasteiger partial charge in [0.2, 0.25) is 0 Å². The zero-order chi connectivity index (χ0) is 22.3. The molecule has 1 unspecified atom stereocenters. The van der Waals surface area contributed by atoms with E-state index in [-0.39, 0.29) is 17.5 Å². The number of fused-ring (bicyclic) bond motifs is 1. The van der Waals surface area contributed by atoms with Crippen LogP contribution in [0.5, 0.6) is 5.75 Å². The minimum Gasteiger partial charge on any atom is -0.491 e. The highest BCUT2D eigenvalue weighted by Gasteiger charge is 2.35. The Bertz CT molecular complexity index is 1220. The standard InChI is InChI=1S/C24H17F3N2O3/c25-24(26,27)15-5-3-6-16(11-15)28-22-20-9-1-2-10-21(20)29(23(22)30)17-7-4-8-18(12-17)31-13-19-14-32-19/h1-12,19H,13-14H2. The molecule has 1 amide bonds. The van der Waals surface area contributed by atoms with Crippen molar-refractivity contribution in [2.45, 2.75) is 12.3 Å². The van der Waals surface area contributed by atoms with Crippen LogP contribution in [0.1, 0.15) is 11.1 Å². The van der Waals surface area contributed by atoms with Gasteiger partial charge in [-0.1, -0.05) is 30.3 Å². The van der Waals surface area contributed by atoms with Crippen LogP contribution in [0, 0.1) is 0 Å². The number of nitrogens with zero attached hydrogens (tertiary/aromatic N) is 2. The Morgan fingerprint density at radius 3 is 2.59 bits per heavy atom. The molecule has 0 spiro atoms. The third-order valence-electron chi connectivity index (χ3n) is 5.13. The molecule has 3 aromatic rings. The van der Waals surface area contributed by atoms with Crippen molar-refractivity contribution >= 4 is 28.7 Å². The van der Waals surface area contributed by atoms with Crippen molar-refractivity contribution in [3.8, 4) is 5.75 Å². The molecule has 1 fully saturated rings. The van der Waals surface area contributed by atoms with E-state index < -0.39 is 17.6 Å². The van der Waals surface area contributed by atoms with Crippen LogP contribution < -0.4 is 9.64 Å². The maximum Gasteiger partial charge on any atom is 0.416 e. The zero-order valence-corrected chi connectivity index (χ0v) is 16.7. The van der Waals surface area contributed by atoms with Gasteiger partial charge in [0.25, 0.3) is 5.91 Å². The molecule has 0 aliphatic carbocycles. The Morgan fingerprint density at radius 1 is 1.03 bits per heavy atom. The summed E-state index contributed by atoms with van der Waals surface area (Å²) in [6.07, 6.45) is -4.40. The van der Waals surface area contributed by atoms with Crippen LogP contribution in [0.2, 0.25) is 0 Å². The summed E-state index contributed by atoms with van der Waals surface area (Å²) in [7, 11) is 0. The van der Waals surface area contributed by atoms with Crippen LogP contribution in [0.15, 0.2) is 77.8 Å². The number of rotatable bonds is 5. The predicted octanol–water partition coefficient (Wildman–Crippen LogP) is 5.28. The lowest BCUT2D eigenvalue weighted by Crippen LogP contribution is -2.25. The van der Waals surface area contributed by atoms with Gasteiger partial charge in [-0.3, -0.25) is 9.69 Å². The lowest BCUT2D eigenvalue weighted by molar-refractivity contribution is -0.137. The third kappa shape index (κ3) is 3.97. The van der Waals surface area contributed by atoms with Gasteiger partial charge in [-0.25, -0.2) is 4.99 Å². The van der Waals surface area contributed by atoms with Gasteiger partial charge in [-0.05, 0) is 36.4 Å². The molecule has 0 aromatic heterocycles. The molecule has 2 heterocycles. The van der Waals surface area contributed by atoms with Crippen LogP contribution in [0.3, 0.4) is 0 Å². The SMILES string of the molecule is O=C1C(=Nc2cccc(C(F)(F)F)c2)c2ccccc2N1c1cccc(OCC2CO2)c1. The number of amides is 1. The van der Waals surface area contributed by atoms with Crippen LogP contribution in [0.25, 0.3) is 0 Å². The van der Waals surface area contributed by atoms with E-state index >= 15 is 0 Å². The predicted molar refractivity (Wildman–Crippen MR) is 113 cm³/mol. The summed E-state index contributed by atoms with van der Waals surface area (Å²) in [6, 6.07) is 18.7. The maximum atomic E-state index is 13.3. The number of halogens is 3. The minimum absolute atomic E-state index is 0.0568. The van der Waals surface area contributed by atoms with Crippen LogP contribution >= 0.6 is 0 Å². The molecule has 32 heavy (non-hydrogen) atoms. The number of benzene rings is 3. The smallest absolute Gasteiger partial charge is 0.416 e. The minimum atomic E-state index is -4.49. The number of hydrogen-bond donors (Lipinski definition) is 0. The molecule has 5 rings (SSSR count). The maximum absolute atomic E-state index is 13.3. The van der Waals surface area contributed by atoms with Crippen LogP contribution in [-0.2, 0) is 15.7 Å². The topological polar surface area (TPSA) is 54.4 Å². The van der Waals surface area contributed by atoms with Crippen molar-refractivity contribution < 1.29 is 27.4 Å². The molecular formula is C24H17F3N2O3. The average molecular weight is 438 g/mol. The van der Waals surface area contributed by atoms with E-state index in [1.165, 1.54) is 17.0 Å². The first-order chi connectivity index (χ1) is 15.4. The summed E-state index contributed by atoms with van der Waals surface area (Å²) >= 11 is 0. The van der Waals surface area contributed by atoms with Crippen LogP contribution in [-0.4, -0.2) is 30.9 Å². The molecule has 2 aliphatic rings. The molecule has 0 bridgehead atoms. The Hall–Kier alpha value is -3.65. The lowest BCUT2D eigenvalue weighted by Gasteiger charge is -2.18. The van der Waals surface area contributed by atoms with Gasteiger partial charge in [0, 0.05) is 11.6 Å². The van der Waals surface area contributed by atoms with Crippen molar-refractivity contribution in [2.24, 2.45) is 4.99 Å². The second-order valence-electron chi connectivity index (χ2n) is 7.43. The number of carbonyl (C=O) groups excluding carboxylic acids is 1. The Balaban J connectivity index is 1.52. The Labute approximate surface area is 181 Å². The molecule has 0 saturated carbocycles. The first-order valence-corrected chi connectivity index (χ1v) is 9.94. The normalized spacial score (nSPS) is 18.7. The van der Waals surface area contributed by atoms with Crippen molar-refractivity contribution in [1.82, 2.24) is 0 Å². The van der Waals surface area contributed by atoms with Crippen molar-refractivity contribution in [2.75, 3.05) is 18.1 Å². The fraction of sp³-hybridized carbons (Fsp3) is 0.167. The Morgan fingerprint density at radius 2 is 1.81 bits per heavy atom. The third-order valence-corrected chi connectivity index (χ3v) is 5.13. The molecule has 5 nitrogen and oxygen atoms in total. The summed E-state index contributed by atoms with van der Waals surface area (Å²) in [4.78, 5) is 19.1. The number of ether oxygens (including phenoxy) is 2.